The van der Waals surface area contributed by atoms with E-state index in [0.29, 0.717) is 0 Å². The van der Waals surface area contributed by atoms with Gasteiger partial charge >= 0.3 is 0 Å². The molecule has 0 saturated heterocycles. The van der Waals surface area contributed by atoms with Gasteiger partial charge in [-0.2, -0.15) is 0 Å². The van der Waals surface area contributed by atoms with Crippen molar-refractivity contribution >= 4 is 11.1 Å². The molecule has 0 radical (unpaired) electrons. The van der Waals surface area contributed by atoms with Crippen LogP contribution >= 0.6 is 0 Å². The second kappa shape index (κ2) is 6.62. The summed E-state index contributed by atoms with van der Waals surface area (Å²) in [5.41, 5.74) is 6.98. The van der Waals surface area contributed by atoms with Crippen molar-refractivity contribution in [2.45, 2.75) is 0 Å². The van der Waals surface area contributed by atoms with Gasteiger partial charge in [0.2, 0.25) is 0 Å². The van der Waals surface area contributed by atoms with Crippen molar-refractivity contribution in [1.29, 1.82) is 0 Å². The summed E-state index contributed by atoms with van der Waals surface area (Å²) in [7, 11) is 0. The second-order valence-electron chi connectivity index (χ2n) is 6.58. The first kappa shape index (κ1) is 15.7. The maximum absolute atomic E-state index is 6.36. The molecule has 128 valence electrons. The maximum atomic E-state index is 6.36. The molecule has 0 unspecified atom stereocenters. The zero-order valence-electron chi connectivity index (χ0n) is 14.8. The molecule has 0 atom stereocenters. The molecule has 1 heterocycles. The third-order valence-corrected chi connectivity index (χ3v) is 4.91. The van der Waals surface area contributed by atoms with Crippen LogP contribution < -0.4 is 4.74 Å². The van der Waals surface area contributed by atoms with E-state index in [1.807, 2.05) is 24.3 Å². The van der Waals surface area contributed by atoms with Gasteiger partial charge in [0, 0.05) is 22.3 Å². The first-order chi connectivity index (χ1) is 13.4. The molecule has 0 saturated carbocycles. The van der Waals surface area contributed by atoms with Crippen molar-refractivity contribution in [3.05, 3.63) is 131 Å². The van der Waals surface area contributed by atoms with Gasteiger partial charge in [-0.25, -0.2) is 0 Å². The molecule has 0 aliphatic carbocycles. The molecule has 0 spiro atoms. The lowest BCUT2D eigenvalue weighted by Crippen LogP contribution is -1.95. The molecular weight excluding hydrogens is 328 g/mol. The van der Waals surface area contributed by atoms with Crippen LogP contribution in [0, 0.1) is 0 Å². The fraction of sp³-hybridized carbons (Fsp3) is 0. The standard InChI is InChI=1S/C26H18O/c1-3-11-19(12-4-1)25-21-15-7-9-17-23(21)27-24-18-10-8-16-22(24)26(25)20-13-5-2-6-14-20/h1-18H. The molecule has 0 fully saturated rings. The highest BCUT2D eigenvalue weighted by atomic mass is 16.5. The maximum Gasteiger partial charge on any atom is 0.135 e. The highest BCUT2D eigenvalue weighted by molar-refractivity contribution is 6.07. The van der Waals surface area contributed by atoms with Gasteiger partial charge in [-0.15, -0.1) is 0 Å². The molecule has 0 amide bonds. The molecule has 1 aliphatic rings. The van der Waals surface area contributed by atoms with Crippen molar-refractivity contribution in [1.82, 2.24) is 0 Å². The second-order valence-corrected chi connectivity index (χ2v) is 6.58. The van der Waals surface area contributed by atoms with Crippen LogP contribution in [0.15, 0.2) is 109 Å². The fourth-order valence-corrected chi connectivity index (χ4v) is 3.72. The fourth-order valence-electron chi connectivity index (χ4n) is 3.72. The lowest BCUT2D eigenvalue weighted by atomic mass is 9.86. The predicted octanol–water partition coefficient (Wildman–Crippen LogP) is 6.80. The van der Waals surface area contributed by atoms with Crippen molar-refractivity contribution in [2.24, 2.45) is 0 Å². The summed E-state index contributed by atoms with van der Waals surface area (Å²) < 4.78 is 6.36. The van der Waals surface area contributed by atoms with Gasteiger partial charge in [0.05, 0.1) is 0 Å². The van der Waals surface area contributed by atoms with Crippen LogP contribution in [0.5, 0.6) is 11.5 Å². The van der Waals surface area contributed by atoms with E-state index in [1.54, 1.807) is 0 Å². The Hall–Kier alpha value is -3.58. The molecule has 4 aromatic rings. The van der Waals surface area contributed by atoms with Gasteiger partial charge in [-0.1, -0.05) is 97.1 Å². The SMILES string of the molecule is c1ccc(C2=C(c3ccccc3)c3ccccc3Oc3ccccc32)cc1. The van der Waals surface area contributed by atoms with Crippen molar-refractivity contribution in [2.75, 3.05) is 0 Å². The van der Waals surface area contributed by atoms with E-state index in [-0.39, 0.29) is 0 Å². The molecule has 4 aromatic carbocycles. The monoisotopic (exact) mass is 346 g/mol. The Balaban J connectivity index is 1.95. The minimum Gasteiger partial charge on any atom is -0.456 e. The molecule has 1 heteroatoms. The Morgan fingerprint density at radius 1 is 0.370 bits per heavy atom. The number of para-hydroxylation sites is 2. The molecule has 1 nitrogen and oxygen atoms in total. The van der Waals surface area contributed by atoms with E-state index in [2.05, 4.69) is 84.9 Å². The summed E-state index contributed by atoms with van der Waals surface area (Å²) in [5, 5.41) is 0. The number of hydrogen-bond donors (Lipinski definition) is 0. The number of hydrogen-bond acceptors (Lipinski definition) is 1. The van der Waals surface area contributed by atoms with E-state index < -0.39 is 0 Å². The Morgan fingerprint density at radius 2 is 0.741 bits per heavy atom. The highest BCUT2D eigenvalue weighted by Gasteiger charge is 2.24. The third kappa shape index (κ3) is 2.74. The molecule has 27 heavy (non-hydrogen) atoms. The summed E-state index contributed by atoms with van der Waals surface area (Å²) in [6, 6.07) is 37.7. The lowest BCUT2D eigenvalue weighted by Gasteiger charge is -2.16. The number of ether oxygens (including phenoxy) is 1. The van der Waals surface area contributed by atoms with Crippen LogP contribution in [0.3, 0.4) is 0 Å². The van der Waals surface area contributed by atoms with E-state index in [0.717, 1.165) is 22.6 Å². The van der Waals surface area contributed by atoms with Crippen LogP contribution in [0.2, 0.25) is 0 Å². The van der Waals surface area contributed by atoms with Crippen LogP contribution in [-0.4, -0.2) is 0 Å². The normalized spacial score (nSPS) is 12.6. The smallest absolute Gasteiger partial charge is 0.135 e. The average Bonchev–Trinajstić information content (AvgIpc) is 2.89. The number of fused-ring (bicyclic) bond motifs is 2. The highest BCUT2D eigenvalue weighted by Crippen LogP contribution is 2.46. The summed E-state index contributed by atoms with van der Waals surface area (Å²) in [4.78, 5) is 0. The Morgan fingerprint density at radius 3 is 1.19 bits per heavy atom. The summed E-state index contributed by atoms with van der Waals surface area (Å²) in [6.45, 7) is 0. The summed E-state index contributed by atoms with van der Waals surface area (Å²) >= 11 is 0. The topological polar surface area (TPSA) is 9.23 Å². The van der Waals surface area contributed by atoms with Crippen LogP contribution in [-0.2, 0) is 0 Å². The quantitative estimate of drug-likeness (QED) is 0.341. The van der Waals surface area contributed by atoms with Crippen LogP contribution in [0.25, 0.3) is 11.1 Å². The van der Waals surface area contributed by atoms with E-state index in [9.17, 15) is 0 Å². The first-order valence-electron chi connectivity index (χ1n) is 9.13. The minimum absolute atomic E-state index is 0.884. The molecular formula is C26H18O. The van der Waals surface area contributed by atoms with Gasteiger partial charge in [0.1, 0.15) is 11.5 Å². The summed E-state index contributed by atoms with van der Waals surface area (Å²) in [5.74, 6) is 1.77. The van der Waals surface area contributed by atoms with E-state index >= 15 is 0 Å². The van der Waals surface area contributed by atoms with Gasteiger partial charge < -0.3 is 4.74 Å². The van der Waals surface area contributed by atoms with Crippen LogP contribution in [0.1, 0.15) is 22.3 Å². The van der Waals surface area contributed by atoms with Crippen molar-refractivity contribution < 1.29 is 4.74 Å². The molecule has 0 N–H and O–H groups in total. The third-order valence-electron chi connectivity index (χ3n) is 4.91. The molecule has 1 aliphatic heterocycles. The Bertz CT molecular complexity index is 1030. The van der Waals surface area contributed by atoms with Gasteiger partial charge in [0.15, 0.2) is 0 Å². The molecule has 0 aromatic heterocycles. The summed E-state index contributed by atoms with van der Waals surface area (Å²) in [6.07, 6.45) is 0. The average molecular weight is 346 g/mol. The van der Waals surface area contributed by atoms with Crippen LogP contribution in [0.4, 0.5) is 0 Å². The zero-order chi connectivity index (χ0) is 18.1. The Labute approximate surface area is 159 Å². The largest absolute Gasteiger partial charge is 0.456 e. The molecule has 0 bridgehead atoms. The minimum atomic E-state index is 0.884. The van der Waals surface area contributed by atoms with Gasteiger partial charge in [-0.3, -0.25) is 0 Å². The first-order valence-corrected chi connectivity index (χ1v) is 9.13. The van der Waals surface area contributed by atoms with Crippen molar-refractivity contribution in [3.63, 3.8) is 0 Å². The number of rotatable bonds is 2. The number of benzene rings is 4. The van der Waals surface area contributed by atoms with Crippen molar-refractivity contribution in [3.8, 4) is 11.5 Å². The molecule has 5 rings (SSSR count). The van der Waals surface area contributed by atoms with Gasteiger partial charge in [-0.05, 0) is 23.3 Å². The van der Waals surface area contributed by atoms with E-state index in [1.165, 1.54) is 22.3 Å². The lowest BCUT2D eigenvalue weighted by molar-refractivity contribution is 0.481. The van der Waals surface area contributed by atoms with E-state index in [4.69, 9.17) is 4.74 Å². The zero-order valence-corrected chi connectivity index (χ0v) is 14.8. The predicted molar refractivity (Wildman–Crippen MR) is 111 cm³/mol. The Kier molecular flexibility index (Phi) is 3.84. The van der Waals surface area contributed by atoms with Gasteiger partial charge in [0.25, 0.3) is 0 Å².